The smallest absolute Gasteiger partial charge is 0.335 e. The Morgan fingerprint density at radius 3 is 2.89 bits per heavy atom. The van der Waals surface area contributed by atoms with Crippen LogP contribution in [-0.4, -0.2) is 67.2 Å². The Balaban J connectivity index is 1.61. The number of hydrogen-bond acceptors (Lipinski definition) is 10. The lowest BCUT2D eigenvalue weighted by Crippen LogP contribution is -2.82. The molecule has 3 saturated heterocycles. The number of urea groups is 1. The van der Waals surface area contributed by atoms with E-state index in [1.54, 1.807) is 35.8 Å². The molecule has 12 nitrogen and oxygen atoms in total. The van der Waals surface area contributed by atoms with Gasteiger partial charge in [0.1, 0.15) is 18.4 Å². The molecule has 3 fully saturated rings. The van der Waals surface area contributed by atoms with Crippen LogP contribution in [0.5, 0.6) is 0 Å². The molecule has 0 bridgehead atoms. The molecule has 0 aliphatic carbocycles. The number of carbonyl (C=O) groups excluding carboxylic acids is 3. The molecule has 1 aromatic carbocycles. The van der Waals surface area contributed by atoms with E-state index >= 15 is 4.39 Å². The number of aromatic nitrogens is 1. The van der Waals surface area contributed by atoms with Crippen molar-refractivity contribution in [3.05, 3.63) is 30.1 Å². The van der Waals surface area contributed by atoms with E-state index < -0.39 is 34.9 Å². The minimum Gasteiger partial charge on any atom is -0.370 e. The number of halogens is 1. The summed E-state index contributed by atoms with van der Waals surface area (Å²) in [6, 6.07) is 0.678. The van der Waals surface area contributed by atoms with Crippen LogP contribution in [0.25, 0.3) is 11.0 Å². The average Bonchev–Trinajstić information content (AvgIpc) is 3.46. The number of hydrazine groups is 1. The lowest BCUT2D eigenvalue weighted by Gasteiger charge is -2.61. The zero-order valence-electron chi connectivity index (χ0n) is 19.7. The first-order valence-corrected chi connectivity index (χ1v) is 11.6. The topological polar surface area (TPSA) is 138 Å². The molecule has 5 heterocycles. The van der Waals surface area contributed by atoms with Gasteiger partial charge in [0.25, 0.3) is 0 Å². The largest absolute Gasteiger partial charge is 0.370 e. The highest BCUT2D eigenvalue weighted by Crippen LogP contribution is 2.53. The van der Waals surface area contributed by atoms with Gasteiger partial charge in [0.05, 0.1) is 35.9 Å². The van der Waals surface area contributed by atoms with Crippen molar-refractivity contribution < 1.29 is 32.8 Å². The molecule has 13 heteroatoms. The minimum absolute atomic E-state index is 0.0684. The number of fused-ring (bicyclic) bond motifs is 3. The number of ether oxygens (including phenoxy) is 2. The van der Waals surface area contributed by atoms with Crippen molar-refractivity contribution in [2.75, 3.05) is 29.7 Å². The van der Waals surface area contributed by atoms with Crippen molar-refractivity contribution in [1.82, 2.24) is 21.3 Å². The summed E-state index contributed by atoms with van der Waals surface area (Å²) < 4.78 is 33.4. The number of anilines is 2. The minimum atomic E-state index is -1.84. The number of nitrogens with zero attached hydrogens (tertiary/aromatic N) is 3. The maximum Gasteiger partial charge on any atom is 0.335 e. The molecule has 3 N–H and O–H groups in total. The summed E-state index contributed by atoms with van der Waals surface area (Å²) in [6.07, 6.45) is 0.844. The van der Waals surface area contributed by atoms with Crippen LogP contribution in [0.1, 0.15) is 19.4 Å². The highest BCUT2D eigenvalue weighted by Gasteiger charge is 2.69. The van der Waals surface area contributed by atoms with Gasteiger partial charge in [-0.15, -0.1) is 6.58 Å². The number of morpholine rings is 1. The van der Waals surface area contributed by atoms with E-state index in [0.717, 1.165) is 0 Å². The Labute approximate surface area is 204 Å². The van der Waals surface area contributed by atoms with Crippen LogP contribution < -0.4 is 26.0 Å². The van der Waals surface area contributed by atoms with Gasteiger partial charge in [0.2, 0.25) is 11.5 Å². The number of hydrogen-bond donors (Lipinski definition) is 3. The number of rotatable bonds is 3. The fraction of sp³-hybridized carbons (Fsp3) is 0.478. The number of aldehydes is 1. The Hall–Kier alpha value is -3.55. The van der Waals surface area contributed by atoms with Crippen molar-refractivity contribution in [3.8, 4) is 0 Å². The van der Waals surface area contributed by atoms with Crippen LogP contribution in [0, 0.1) is 11.2 Å². The molecule has 2 aromatic rings. The second-order valence-corrected chi connectivity index (χ2v) is 9.62. The zero-order valence-corrected chi connectivity index (χ0v) is 19.7. The third kappa shape index (κ3) is 2.72. The third-order valence-corrected chi connectivity index (χ3v) is 7.71. The SMILES string of the molecule is C=C[C@H]1COCN1c1noc2c(F)c3c(cc12)CC1(C=O)C(=O)NC(=O)NN[C@@]12[C@H](C)O[C@H](C)CN32. The summed E-state index contributed by atoms with van der Waals surface area (Å²) >= 11 is 0. The molecule has 3 amide bonds. The lowest BCUT2D eigenvalue weighted by molar-refractivity contribution is -0.160. The molecule has 36 heavy (non-hydrogen) atoms. The quantitative estimate of drug-likeness (QED) is 0.314. The molecule has 6 rings (SSSR count). The van der Waals surface area contributed by atoms with E-state index in [-0.39, 0.29) is 43.1 Å². The van der Waals surface area contributed by atoms with E-state index in [0.29, 0.717) is 29.7 Å². The molecule has 1 spiro atoms. The van der Waals surface area contributed by atoms with Gasteiger partial charge in [-0.3, -0.25) is 15.5 Å². The van der Waals surface area contributed by atoms with Gasteiger partial charge in [-0.1, -0.05) is 11.2 Å². The molecular formula is C23H25FN6O6. The van der Waals surface area contributed by atoms with Gasteiger partial charge in [0.15, 0.2) is 17.3 Å². The Morgan fingerprint density at radius 2 is 2.14 bits per heavy atom. The zero-order chi connectivity index (χ0) is 25.4. The van der Waals surface area contributed by atoms with Crippen LogP contribution in [-0.2, 0) is 25.5 Å². The first-order valence-electron chi connectivity index (χ1n) is 11.6. The van der Waals surface area contributed by atoms with E-state index in [1.165, 1.54) is 0 Å². The standard InChI is InChI=1S/C23H25FN6O6/c1-4-14-8-34-10-29(14)19-15-5-13-6-22(9-31)20(32)25-21(33)26-28-23(22)12(3)35-11(2)7-30(23)17(13)16(24)18(15)36-27-19/h4-5,9,11-12,14,28H,1,6-8,10H2,2-3H3,(H2,25,26,32,33)/t11-,12+,14+,22?,23-/m1/s1. The number of nitrogens with one attached hydrogen (secondary N) is 3. The Morgan fingerprint density at radius 1 is 1.33 bits per heavy atom. The highest BCUT2D eigenvalue weighted by atomic mass is 19.1. The first kappa shape index (κ1) is 22.9. The summed E-state index contributed by atoms with van der Waals surface area (Å²) in [7, 11) is 0. The molecule has 5 atom stereocenters. The van der Waals surface area contributed by atoms with Crippen LogP contribution in [0.4, 0.5) is 20.7 Å². The number of amides is 3. The monoisotopic (exact) mass is 500 g/mol. The lowest BCUT2D eigenvalue weighted by atomic mass is 9.64. The highest BCUT2D eigenvalue weighted by molar-refractivity contribution is 6.08. The summed E-state index contributed by atoms with van der Waals surface area (Å²) in [5, 5.41) is 6.72. The fourth-order valence-corrected chi connectivity index (χ4v) is 6.11. The molecule has 1 aromatic heterocycles. The normalized spacial score (nSPS) is 33.8. The van der Waals surface area contributed by atoms with E-state index in [2.05, 4.69) is 27.9 Å². The van der Waals surface area contributed by atoms with Crippen molar-refractivity contribution in [3.63, 3.8) is 0 Å². The van der Waals surface area contributed by atoms with E-state index in [4.69, 9.17) is 14.0 Å². The average molecular weight is 500 g/mol. The molecule has 1 unspecified atom stereocenters. The Kier molecular flexibility index (Phi) is 4.91. The second-order valence-electron chi connectivity index (χ2n) is 9.62. The van der Waals surface area contributed by atoms with Crippen LogP contribution in [0.15, 0.2) is 23.2 Å². The fourth-order valence-electron chi connectivity index (χ4n) is 6.11. The van der Waals surface area contributed by atoms with Gasteiger partial charge in [-0.2, -0.15) is 0 Å². The van der Waals surface area contributed by atoms with Crippen LogP contribution in [0.2, 0.25) is 0 Å². The molecular weight excluding hydrogens is 475 g/mol. The summed E-state index contributed by atoms with van der Waals surface area (Å²) in [5.74, 6) is -1.13. The summed E-state index contributed by atoms with van der Waals surface area (Å²) in [4.78, 5) is 42.0. The number of imide groups is 1. The molecule has 0 saturated carbocycles. The third-order valence-electron chi connectivity index (χ3n) is 7.71. The van der Waals surface area contributed by atoms with Gasteiger partial charge in [-0.05, 0) is 31.9 Å². The predicted octanol–water partition coefficient (Wildman–Crippen LogP) is 0.711. The summed E-state index contributed by atoms with van der Waals surface area (Å²) in [5.41, 5.74) is 2.31. The van der Waals surface area contributed by atoms with Crippen molar-refractivity contribution in [2.45, 2.75) is 44.2 Å². The summed E-state index contributed by atoms with van der Waals surface area (Å²) in [6.45, 7) is 8.06. The van der Waals surface area contributed by atoms with Gasteiger partial charge in [0, 0.05) is 6.54 Å². The molecule has 0 radical (unpaired) electrons. The van der Waals surface area contributed by atoms with Crippen LogP contribution in [0.3, 0.4) is 0 Å². The first-order chi connectivity index (χ1) is 17.3. The maximum atomic E-state index is 16.3. The Bertz CT molecular complexity index is 1320. The van der Waals surface area contributed by atoms with E-state index in [1.807, 2.05) is 0 Å². The predicted molar refractivity (Wildman–Crippen MR) is 123 cm³/mol. The van der Waals surface area contributed by atoms with Crippen molar-refractivity contribution in [2.24, 2.45) is 5.41 Å². The van der Waals surface area contributed by atoms with Crippen LogP contribution >= 0.6 is 0 Å². The van der Waals surface area contributed by atoms with E-state index in [9.17, 15) is 14.4 Å². The molecule has 4 aliphatic heterocycles. The number of carbonyl (C=O) groups is 3. The molecule has 190 valence electrons. The van der Waals surface area contributed by atoms with Gasteiger partial charge < -0.3 is 28.6 Å². The van der Waals surface area contributed by atoms with Crippen molar-refractivity contribution >= 4 is 40.7 Å². The number of benzene rings is 1. The molecule has 4 aliphatic rings. The van der Waals surface area contributed by atoms with Gasteiger partial charge in [-0.25, -0.2) is 14.6 Å². The van der Waals surface area contributed by atoms with Crippen molar-refractivity contribution in [1.29, 1.82) is 0 Å². The second kappa shape index (κ2) is 7.72. The maximum absolute atomic E-state index is 16.3. The van der Waals surface area contributed by atoms with Gasteiger partial charge >= 0.3 is 6.03 Å².